The van der Waals surface area contributed by atoms with E-state index in [9.17, 15) is 4.79 Å². The Morgan fingerprint density at radius 3 is 2.79 bits per heavy atom. The highest BCUT2D eigenvalue weighted by Gasteiger charge is 2.35. The molecule has 2 heterocycles. The van der Waals surface area contributed by atoms with Gasteiger partial charge in [-0.25, -0.2) is 0 Å². The zero-order valence-corrected chi connectivity index (χ0v) is 14.5. The topological polar surface area (TPSA) is 71.3 Å². The van der Waals surface area contributed by atoms with Gasteiger partial charge in [0.2, 0.25) is 11.8 Å². The molecule has 128 valence electrons. The van der Waals surface area contributed by atoms with E-state index in [1.165, 1.54) is 5.56 Å². The van der Waals surface area contributed by atoms with Crippen molar-refractivity contribution in [2.45, 2.75) is 45.1 Å². The monoisotopic (exact) mass is 328 g/mol. The van der Waals surface area contributed by atoms with Crippen LogP contribution >= 0.6 is 0 Å². The number of amides is 1. The number of nitrogens with zero attached hydrogens (tertiary/aromatic N) is 3. The van der Waals surface area contributed by atoms with Crippen LogP contribution < -0.4 is 10.2 Å². The molecule has 0 radical (unpaired) electrons. The Bertz CT molecular complexity index is 695. The fourth-order valence-electron chi connectivity index (χ4n) is 2.93. The van der Waals surface area contributed by atoms with Crippen LogP contribution in [0.4, 0.5) is 5.69 Å². The molecule has 1 amide bonds. The van der Waals surface area contributed by atoms with E-state index in [2.05, 4.69) is 41.4 Å². The van der Waals surface area contributed by atoms with Gasteiger partial charge < -0.3 is 14.7 Å². The van der Waals surface area contributed by atoms with E-state index in [1.807, 2.05) is 24.1 Å². The average Bonchev–Trinajstić information content (AvgIpc) is 3.21. The minimum Gasteiger partial charge on any atom is -0.339 e. The summed E-state index contributed by atoms with van der Waals surface area (Å²) in [5.74, 6) is 1.32. The maximum absolute atomic E-state index is 12.4. The van der Waals surface area contributed by atoms with Crippen LogP contribution in [0.5, 0.6) is 0 Å². The van der Waals surface area contributed by atoms with Crippen LogP contribution in [0, 0.1) is 0 Å². The Morgan fingerprint density at radius 1 is 1.38 bits per heavy atom. The molecule has 1 N–H and O–H groups in total. The number of benzene rings is 1. The van der Waals surface area contributed by atoms with Gasteiger partial charge in [-0.3, -0.25) is 4.79 Å². The highest BCUT2D eigenvalue weighted by Crippen LogP contribution is 2.31. The summed E-state index contributed by atoms with van der Waals surface area (Å²) in [4.78, 5) is 18.7. The molecule has 1 aliphatic rings. The van der Waals surface area contributed by atoms with Crippen LogP contribution in [0.3, 0.4) is 0 Å². The first kappa shape index (κ1) is 16.6. The highest BCUT2D eigenvalue weighted by molar-refractivity contribution is 5.96. The molecule has 1 aromatic heterocycles. The molecule has 24 heavy (non-hydrogen) atoms. The Hall–Kier alpha value is -2.21. The number of hydrogen-bond acceptors (Lipinski definition) is 5. The van der Waals surface area contributed by atoms with Crippen molar-refractivity contribution in [1.29, 1.82) is 0 Å². The molecule has 2 unspecified atom stereocenters. The standard InChI is InChI=1S/C18H24N4O2/c1-4-13-5-7-15(8-6-13)22-11-14(10-17(22)23)18-20-16(21-24-18)9-12(2)19-3/h5-8,12,14,19H,4,9-11H2,1-3H3. The smallest absolute Gasteiger partial charge is 0.232 e. The minimum atomic E-state index is -0.0329. The third kappa shape index (κ3) is 3.48. The average molecular weight is 328 g/mol. The zero-order chi connectivity index (χ0) is 17.1. The molecule has 3 rings (SSSR count). The molecule has 2 aromatic rings. The van der Waals surface area contributed by atoms with E-state index in [1.54, 1.807) is 0 Å². The number of aromatic nitrogens is 2. The van der Waals surface area contributed by atoms with E-state index >= 15 is 0 Å². The second-order valence-electron chi connectivity index (χ2n) is 6.37. The first-order chi connectivity index (χ1) is 11.6. The van der Waals surface area contributed by atoms with Crippen molar-refractivity contribution in [3.8, 4) is 0 Å². The van der Waals surface area contributed by atoms with Gasteiger partial charge in [0.15, 0.2) is 5.82 Å². The number of carbonyl (C=O) groups excluding carboxylic acids is 1. The SMILES string of the molecule is CCc1ccc(N2CC(c3nc(CC(C)NC)no3)CC2=O)cc1. The van der Waals surface area contributed by atoms with E-state index in [4.69, 9.17) is 4.52 Å². The van der Waals surface area contributed by atoms with Gasteiger partial charge in [0.1, 0.15) is 0 Å². The van der Waals surface area contributed by atoms with Gasteiger partial charge in [0, 0.05) is 31.1 Å². The molecule has 0 spiro atoms. The van der Waals surface area contributed by atoms with Crippen LogP contribution in [0.15, 0.2) is 28.8 Å². The predicted molar refractivity (Wildman–Crippen MR) is 92.1 cm³/mol. The van der Waals surface area contributed by atoms with Crippen LogP contribution in [-0.2, 0) is 17.6 Å². The molecule has 0 bridgehead atoms. The largest absolute Gasteiger partial charge is 0.339 e. The normalized spacial score (nSPS) is 19.0. The Labute approximate surface area is 142 Å². The molecule has 1 saturated heterocycles. The Balaban J connectivity index is 1.70. The molecule has 6 nitrogen and oxygen atoms in total. The van der Waals surface area contributed by atoms with E-state index in [-0.39, 0.29) is 17.9 Å². The lowest BCUT2D eigenvalue weighted by Gasteiger charge is -2.16. The highest BCUT2D eigenvalue weighted by atomic mass is 16.5. The third-order valence-electron chi connectivity index (χ3n) is 4.60. The number of anilines is 1. The number of aryl methyl sites for hydroxylation is 1. The summed E-state index contributed by atoms with van der Waals surface area (Å²) >= 11 is 0. The molecule has 0 saturated carbocycles. The number of likely N-dealkylation sites (N-methyl/N-ethyl adjacent to an activating group) is 1. The molecule has 1 aromatic carbocycles. The third-order valence-corrected chi connectivity index (χ3v) is 4.60. The van der Waals surface area contributed by atoms with Crippen molar-refractivity contribution in [1.82, 2.24) is 15.5 Å². The van der Waals surface area contributed by atoms with Crippen LogP contribution in [0.2, 0.25) is 0 Å². The van der Waals surface area contributed by atoms with Gasteiger partial charge in [0.25, 0.3) is 0 Å². The van der Waals surface area contributed by atoms with Crippen molar-refractivity contribution in [3.63, 3.8) is 0 Å². The van der Waals surface area contributed by atoms with E-state index in [0.717, 1.165) is 12.1 Å². The van der Waals surface area contributed by atoms with Crippen molar-refractivity contribution in [2.24, 2.45) is 0 Å². The van der Waals surface area contributed by atoms with Crippen molar-refractivity contribution >= 4 is 11.6 Å². The van der Waals surface area contributed by atoms with Crippen LogP contribution in [0.25, 0.3) is 0 Å². The number of hydrogen-bond donors (Lipinski definition) is 1. The first-order valence-corrected chi connectivity index (χ1v) is 8.49. The molecule has 2 atom stereocenters. The predicted octanol–water partition coefficient (Wildman–Crippen LogP) is 2.30. The van der Waals surface area contributed by atoms with Gasteiger partial charge in [0.05, 0.1) is 5.92 Å². The number of carbonyl (C=O) groups is 1. The lowest BCUT2D eigenvalue weighted by molar-refractivity contribution is -0.117. The van der Waals surface area contributed by atoms with Gasteiger partial charge in [-0.1, -0.05) is 24.2 Å². The first-order valence-electron chi connectivity index (χ1n) is 8.49. The molecule has 1 aliphatic heterocycles. The second-order valence-corrected chi connectivity index (χ2v) is 6.37. The lowest BCUT2D eigenvalue weighted by Crippen LogP contribution is -2.24. The van der Waals surface area contributed by atoms with Crippen molar-refractivity contribution in [2.75, 3.05) is 18.5 Å². The lowest BCUT2D eigenvalue weighted by atomic mass is 10.1. The zero-order valence-electron chi connectivity index (χ0n) is 14.5. The van der Waals surface area contributed by atoms with Crippen LogP contribution in [0.1, 0.15) is 43.5 Å². The molecular weight excluding hydrogens is 304 g/mol. The van der Waals surface area contributed by atoms with Gasteiger partial charge >= 0.3 is 0 Å². The maximum Gasteiger partial charge on any atom is 0.232 e. The summed E-state index contributed by atoms with van der Waals surface area (Å²) in [5, 5.41) is 7.19. The molecule has 6 heteroatoms. The van der Waals surface area contributed by atoms with E-state index < -0.39 is 0 Å². The Morgan fingerprint density at radius 2 is 2.12 bits per heavy atom. The minimum absolute atomic E-state index is 0.0329. The number of nitrogens with one attached hydrogen (secondary N) is 1. The summed E-state index contributed by atoms with van der Waals surface area (Å²) in [6.45, 7) is 4.78. The fraction of sp³-hybridized carbons (Fsp3) is 0.500. The fourth-order valence-corrected chi connectivity index (χ4v) is 2.93. The van der Waals surface area contributed by atoms with Gasteiger partial charge in [-0.2, -0.15) is 4.98 Å². The quantitative estimate of drug-likeness (QED) is 0.881. The molecule has 1 fully saturated rings. The Kier molecular flexibility index (Phi) is 4.94. The summed E-state index contributed by atoms with van der Waals surface area (Å²) in [5.41, 5.74) is 2.20. The summed E-state index contributed by atoms with van der Waals surface area (Å²) in [6, 6.07) is 8.44. The van der Waals surface area contributed by atoms with Gasteiger partial charge in [-0.15, -0.1) is 0 Å². The van der Waals surface area contributed by atoms with Crippen molar-refractivity contribution in [3.05, 3.63) is 41.5 Å². The van der Waals surface area contributed by atoms with E-state index in [0.29, 0.717) is 31.1 Å². The summed E-state index contributed by atoms with van der Waals surface area (Å²) < 4.78 is 5.40. The molecule has 0 aliphatic carbocycles. The summed E-state index contributed by atoms with van der Waals surface area (Å²) in [7, 11) is 1.91. The van der Waals surface area contributed by atoms with Crippen LogP contribution in [-0.4, -0.2) is 35.7 Å². The van der Waals surface area contributed by atoms with Gasteiger partial charge in [-0.05, 0) is 38.1 Å². The second kappa shape index (κ2) is 7.13. The molecular formula is C18H24N4O2. The van der Waals surface area contributed by atoms with Crippen molar-refractivity contribution < 1.29 is 9.32 Å². The maximum atomic E-state index is 12.4. The summed E-state index contributed by atoms with van der Waals surface area (Å²) in [6.07, 6.45) is 2.12. The number of rotatable bonds is 6.